The summed E-state index contributed by atoms with van der Waals surface area (Å²) in [5.41, 5.74) is 3.17. The fourth-order valence-corrected chi connectivity index (χ4v) is 4.86. The summed E-state index contributed by atoms with van der Waals surface area (Å²) in [6, 6.07) is 8.76. The molecule has 0 N–H and O–H groups in total. The van der Waals surface area contributed by atoms with Crippen LogP contribution < -0.4 is 4.90 Å². The first-order chi connectivity index (χ1) is 13.1. The fraction of sp³-hybridized carbons (Fsp3) is 0.545. The number of carbonyl (C=O) groups excluding carboxylic acids is 1. The van der Waals surface area contributed by atoms with Crippen molar-refractivity contribution in [3.8, 4) is 0 Å². The highest BCUT2D eigenvalue weighted by Crippen LogP contribution is 2.32. The van der Waals surface area contributed by atoms with E-state index in [1.807, 2.05) is 18.2 Å². The van der Waals surface area contributed by atoms with Crippen molar-refractivity contribution in [3.63, 3.8) is 0 Å². The molecule has 4 nitrogen and oxygen atoms in total. The van der Waals surface area contributed by atoms with Gasteiger partial charge in [0.1, 0.15) is 0 Å². The summed E-state index contributed by atoms with van der Waals surface area (Å²) in [6.07, 6.45) is 8.88. The number of aromatic nitrogens is 1. The van der Waals surface area contributed by atoms with E-state index in [1.165, 1.54) is 44.1 Å². The van der Waals surface area contributed by atoms with Crippen molar-refractivity contribution in [3.05, 3.63) is 40.9 Å². The molecule has 0 radical (unpaired) electrons. The summed E-state index contributed by atoms with van der Waals surface area (Å²) in [4.78, 5) is 21.4. The summed E-state index contributed by atoms with van der Waals surface area (Å²) in [5, 5.41) is 2.88. The van der Waals surface area contributed by atoms with Crippen LogP contribution in [0.5, 0.6) is 0 Å². The minimum atomic E-state index is 0.00826. The van der Waals surface area contributed by atoms with Crippen LogP contribution in [0.1, 0.15) is 63.6 Å². The van der Waals surface area contributed by atoms with Crippen LogP contribution >= 0.6 is 11.3 Å². The normalized spacial score (nSPS) is 15.7. The van der Waals surface area contributed by atoms with Crippen LogP contribution in [0.2, 0.25) is 0 Å². The Labute approximate surface area is 167 Å². The maximum atomic E-state index is 12.4. The highest BCUT2D eigenvalue weighted by molar-refractivity contribution is 7.14. The van der Waals surface area contributed by atoms with Crippen molar-refractivity contribution in [2.45, 2.75) is 71.4 Å². The van der Waals surface area contributed by atoms with Gasteiger partial charge in [0, 0.05) is 24.9 Å². The molecule has 146 valence electrons. The van der Waals surface area contributed by atoms with Gasteiger partial charge in [0.05, 0.1) is 11.4 Å². The zero-order chi connectivity index (χ0) is 19.2. The topological polar surface area (TPSA) is 36.4 Å². The molecule has 0 aliphatic heterocycles. The van der Waals surface area contributed by atoms with E-state index in [9.17, 15) is 4.79 Å². The number of nitrogens with zero attached hydrogens (tertiary/aromatic N) is 3. The van der Waals surface area contributed by atoms with E-state index in [4.69, 9.17) is 4.98 Å². The molecular formula is C22H31N3OS. The molecule has 1 aromatic carbocycles. The van der Waals surface area contributed by atoms with Crippen molar-refractivity contribution >= 4 is 28.1 Å². The lowest BCUT2D eigenvalue weighted by Gasteiger charge is -2.26. The molecule has 1 aromatic heterocycles. The van der Waals surface area contributed by atoms with E-state index in [0.29, 0.717) is 6.04 Å². The zero-order valence-electron chi connectivity index (χ0n) is 16.8. The van der Waals surface area contributed by atoms with Crippen molar-refractivity contribution in [1.82, 2.24) is 9.88 Å². The van der Waals surface area contributed by atoms with Crippen LogP contribution in [0.15, 0.2) is 29.6 Å². The van der Waals surface area contributed by atoms with Gasteiger partial charge in [0.15, 0.2) is 5.13 Å². The van der Waals surface area contributed by atoms with Crippen LogP contribution in [0.25, 0.3) is 0 Å². The number of benzene rings is 1. The molecule has 0 spiro atoms. The van der Waals surface area contributed by atoms with E-state index < -0.39 is 0 Å². The third-order valence-electron chi connectivity index (χ3n) is 5.52. The minimum absolute atomic E-state index is 0.00826. The molecule has 1 aliphatic carbocycles. The molecule has 2 aromatic rings. The molecule has 0 saturated heterocycles. The van der Waals surface area contributed by atoms with E-state index >= 15 is 0 Å². The van der Waals surface area contributed by atoms with E-state index in [1.54, 1.807) is 23.2 Å². The molecule has 0 bridgehead atoms. The van der Waals surface area contributed by atoms with Crippen LogP contribution in [0.3, 0.4) is 0 Å². The maximum Gasteiger partial charge on any atom is 0.230 e. The first-order valence-corrected chi connectivity index (χ1v) is 11.0. The summed E-state index contributed by atoms with van der Waals surface area (Å²) in [7, 11) is 2.21. The van der Waals surface area contributed by atoms with Gasteiger partial charge in [-0.1, -0.05) is 50.8 Å². The third-order valence-corrected chi connectivity index (χ3v) is 6.39. The Bertz CT molecular complexity index is 750. The van der Waals surface area contributed by atoms with Crippen molar-refractivity contribution < 1.29 is 4.79 Å². The molecule has 1 aliphatic rings. The summed E-state index contributed by atoms with van der Waals surface area (Å²) in [6.45, 7) is 4.58. The smallest absolute Gasteiger partial charge is 0.230 e. The monoisotopic (exact) mass is 385 g/mol. The largest absolute Gasteiger partial charge is 0.298 e. The quantitative estimate of drug-likeness (QED) is 0.612. The Morgan fingerprint density at radius 2 is 1.89 bits per heavy atom. The number of aryl methyl sites for hydroxylation is 1. The first-order valence-electron chi connectivity index (χ1n) is 10.1. The van der Waals surface area contributed by atoms with Crippen LogP contribution in [0, 0.1) is 0 Å². The predicted molar refractivity (Wildman–Crippen MR) is 114 cm³/mol. The SMILES string of the molecule is CCc1ccccc1N(C(C)=O)c1nc(CN(C)C2CCCCCC2)cs1. The standard InChI is InChI=1S/C22H31N3OS/c1-4-18-11-9-10-14-21(18)25(17(2)26)22-23-19(16-27-22)15-24(3)20-12-7-5-6-8-13-20/h9-11,14,16,20H,4-8,12-13,15H2,1-3H3. The lowest BCUT2D eigenvalue weighted by molar-refractivity contribution is -0.115. The summed E-state index contributed by atoms with van der Waals surface area (Å²) in [5.74, 6) is 0.00826. The van der Waals surface area contributed by atoms with Gasteiger partial charge < -0.3 is 0 Å². The Morgan fingerprint density at radius 3 is 2.56 bits per heavy atom. The maximum absolute atomic E-state index is 12.4. The molecule has 1 amide bonds. The Balaban J connectivity index is 1.77. The second kappa shape index (κ2) is 9.47. The molecule has 27 heavy (non-hydrogen) atoms. The summed E-state index contributed by atoms with van der Waals surface area (Å²) >= 11 is 1.56. The number of rotatable bonds is 6. The molecule has 0 unspecified atom stereocenters. The van der Waals surface area contributed by atoms with Gasteiger partial charge in [0.25, 0.3) is 0 Å². The molecular weight excluding hydrogens is 354 g/mol. The Morgan fingerprint density at radius 1 is 1.19 bits per heavy atom. The van der Waals surface area contributed by atoms with Crippen LogP contribution in [-0.4, -0.2) is 28.9 Å². The predicted octanol–water partition coefficient (Wildman–Crippen LogP) is 5.54. The number of carbonyl (C=O) groups is 1. The lowest BCUT2D eigenvalue weighted by atomic mass is 10.1. The minimum Gasteiger partial charge on any atom is -0.298 e. The van der Waals surface area contributed by atoms with Crippen molar-refractivity contribution in [1.29, 1.82) is 0 Å². The highest BCUT2D eigenvalue weighted by atomic mass is 32.1. The fourth-order valence-electron chi connectivity index (χ4n) is 3.99. The van der Waals surface area contributed by atoms with Gasteiger partial charge in [-0.25, -0.2) is 4.98 Å². The molecule has 1 heterocycles. The van der Waals surface area contributed by atoms with E-state index in [-0.39, 0.29) is 5.91 Å². The number of para-hydroxylation sites is 1. The second-order valence-corrected chi connectivity index (χ2v) is 8.36. The number of anilines is 2. The van der Waals surface area contributed by atoms with Gasteiger partial charge in [-0.2, -0.15) is 0 Å². The van der Waals surface area contributed by atoms with Crippen LogP contribution in [0.4, 0.5) is 10.8 Å². The number of hydrogen-bond donors (Lipinski definition) is 0. The second-order valence-electron chi connectivity index (χ2n) is 7.52. The van der Waals surface area contributed by atoms with E-state index in [2.05, 4.69) is 30.3 Å². The first kappa shape index (κ1) is 20.0. The van der Waals surface area contributed by atoms with Gasteiger partial charge in [-0.05, 0) is 37.9 Å². The van der Waals surface area contributed by atoms with E-state index in [0.717, 1.165) is 29.5 Å². The van der Waals surface area contributed by atoms with Gasteiger partial charge in [-0.3, -0.25) is 14.6 Å². The van der Waals surface area contributed by atoms with Crippen LogP contribution in [-0.2, 0) is 17.8 Å². The van der Waals surface area contributed by atoms with Gasteiger partial charge in [-0.15, -0.1) is 11.3 Å². The molecule has 1 saturated carbocycles. The number of thiazole rings is 1. The Kier molecular flexibility index (Phi) is 7.02. The highest BCUT2D eigenvalue weighted by Gasteiger charge is 2.22. The lowest BCUT2D eigenvalue weighted by Crippen LogP contribution is -2.31. The summed E-state index contributed by atoms with van der Waals surface area (Å²) < 4.78 is 0. The van der Waals surface area contributed by atoms with Gasteiger partial charge >= 0.3 is 0 Å². The molecule has 3 rings (SSSR count). The number of amides is 1. The number of hydrogen-bond acceptors (Lipinski definition) is 4. The van der Waals surface area contributed by atoms with Crippen molar-refractivity contribution in [2.75, 3.05) is 11.9 Å². The average Bonchev–Trinajstić information content (AvgIpc) is 2.93. The van der Waals surface area contributed by atoms with Gasteiger partial charge in [0.2, 0.25) is 5.91 Å². The molecule has 1 fully saturated rings. The third kappa shape index (κ3) is 4.96. The zero-order valence-corrected chi connectivity index (χ0v) is 17.6. The molecule has 0 atom stereocenters. The average molecular weight is 386 g/mol. The van der Waals surface area contributed by atoms with Crippen molar-refractivity contribution in [2.24, 2.45) is 0 Å². The Hall–Kier alpha value is -1.72. The molecule has 5 heteroatoms.